The third-order valence-electron chi connectivity index (χ3n) is 10.3. The summed E-state index contributed by atoms with van der Waals surface area (Å²) < 4.78 is 34.5. The first-order valence-corrected chi connectivity index (χ1v) is 18.9. The standard InChI is InChI=1S/C39H64N2O11/c1-9-31(47-8)28(5)36-37(51-36)35(52-38(45)40-18-11-19-41-20-22-48-23-21-41)26(3)13-10-12-25(2)34-27(4)14-15-32(49-29(6)42)39(7,46)17-16-30(43)24-33(44)50-34/h10,12-15,26-28,30-32,34-37,43,46H,9,11,16-24H2,1-8H3,(H,40,45)/b13-10+,15-14+,25-12+. The quantitative estimate of drug-likeness (QED) is 0.0552. The van der Waals surface area contributed by atoms with Crippen molar-refractivity contribution in [3.05, 3.63) is 36.0 Å². The van der Waals surface area contributed by atoms with Crippen molar-refractivity contribution in [1.82, 2.24) is 10.2 Å². The SMILES string of the molecule is CCC(OC)C(C)C1OC1C(OC(=O)NCCCN1CCOCC1)C(C)/C=C/C=C(\C)C1OC(=O)CC(O)CCC(C)(O)C(OC(C)=O)/C=C/C1C. The zero-order valence-corrected chi connectivity index (χ0v) is 32.5. The van der Waals surface area contributed by atoms with E-state index in [4.69, 9.17) is 28.4 Å². The van der Waals surface area contributed by atoms with E-state index in [-0.39, 0.29) is 55.3 Å². The number of hydrogen-bond donors (Lipinski definition) is 3. The minimum atomic E-state index is -1.45. The van der Waals surface area contributed by atoms with E-state index in [2.05, 4.69) is 24.1 Å². The van der Waals surface area contributed by atoms with Gasteiger partial charge in [-0.1, -0.05) is 52.0 Å². The summed E-state index contributed by atoms with van der Waals surface area (Å²) in [6, 6.07) is 0. The largest absolute Gasteiger partial charge is 0.457 e. The highest BCUT2D eigenvalue weighted by molar-refractivity contribution is 5.70. The summed E-state index contributed by atoms with van der Waals surface area (Å²) in [7, 11) is 1.70. The summed E-state index contributed by atoms with van der Waals surface area (Å²) in [5, 5.41) is 24.5. The third kappa shape index (κ3) is 13.9. The molecule has 0 spiro atoms. The number of epoxide rings is 1. The molecule has 13 nitrogen and oxygen atoms in total. The number of alkyl carbamates (subject to hydrolysis) is 1. The highest BCUT2D eigenvalue weighted by atomic mass is 16.6. The van der Waals surface area contributed by atoms with Crippen molar-refractivity contribution in [2.24, 2.45) is 17.8 Å². The van der Waals surface area contributed by atoms with Crippen LogP contribution in [-0.4, -0.2) is 128 Å². The molecule has 3 heterocycles. The summed E-state index contributed by atoms with van der Waals surface area (Å²) in [6.07, 6.45) is 6.50. The fraction of sp³-hybridized carbons (Fsp3) is 0.769. The maximum Gasteiger partial charge on any atom is 0.407 e. The van der Waals surface area contributed by atoms with Crippen molar-refractivity contribution in [2.75, 3.05) is 46.5 Å². The molecule has 52 heavy (non-hydrogen) atoms. The second kappa shape index (κ2) is 21.2. The number of cyclic esters (lactones) is 1. The van der Waals surface area contributed by atoms with E-state index < -0.39 is 48.0 Å². The van der Waals surface area contributed by atoms with Crippen molar-refractivity contribution in [2.45, 2.75) is 129 Å². The normalized spacial score (nSPS) is 32.3. The Balaban J connectivity index is 1.75. The number of carbonyl (C=O) groups is 3. The lowest BCUT2D eigenvalue weighted by molar-refractivity contribution is -0.157. The average Bonchev–Trinajstić information content (AvgIpc) is 3.90. The highest BCUT2D eigenvalue weighted by Gasteiger charge is 2.52. The van der Waals surface area contributed by atoms with E-state index in [9.17, 15) is 24.6 Å². The fourth-order valence-corrected chi connectivity index (χ4v) is 6.96. The van der Waals surface area contributed by atoms with E-state index in [0.29, 0.717) is 6.54 Å². The van der Waals surface area contributed by atoms with Crippen LogP contribution in [0.15, 0.2) is 36.0 Å². The van der Waals surface area contributed by atoms with Crippen LogP contribution in [0.1, 0.15) is 80.6 Å². The third-order valence-corrected chi connectivity index (χ3v) is 10.3. The Hall–Kier alpha value is -2.81. The Labute approximate surface area is 310 Å². The van der Waals surface area contributed by atoms with Crippen LogP contribution in [0.3, 0.4) is 0 Å². The van der Waals surface area contributed by atoms with Crippen LogP contribution in [0.2, 0.25) is 0 Å². The molecule has 0 aromatic rings. The van der Waals surface area contributed by atoms with Crippen LogP contribution < -0.4 is 5.32 Å². The molecule has 0 aliphatic carbocycles. The molecule has 3 N–H and O–H groups in total. The Bertz CT molecular complexity index is 1230. The minimum absolute atomic E-state index is 0.0160. The van der Waals surface area contributed by atoms with Gasteiger partial charge >= 0.3 is 18.0 Å². The molecule has 11 atom stereocenters. The topological polar surface area (TPSA) is 166 Å². The summed E-state index contributed by atoms with van der Waals surface area (Å²) in [6.45, 7) is 17.3. The summed E-state index contributed by atoms with van der Waals surface area (Å²) in [5.74, 6) is -1.59. The number of allylic oxidation sites excluding steroid dienone is 2. The van der Waals surface area contributed by atoms with Gasteiger partial charge in [-0.25, -0.2) is 4.79 Å². The Morgan fingerprint density at radius 1 is 1.17 bits per heavy atom. The molecule has 0 radical (unpaired) electrons. The van der Waals surface area contributed by atoms with Crippen LogP contribution in [0, 0.1) is 17.8 Å². The van der Waals surface area contributed by atoms with Gasteiger partial charge in [0.15, 0.2) is 0 Å². The fourth-order valence-electron chi connectivity index (χ4n) is 6.96. The lowest BCUT2D eigenvalue weighted by atomic mass is 9.88. The van der Waals surface area contributed by atoms with E-state index in [0.717, 1.165) is 51.3 Å². The van der Waals surface area contributed by atoms with Crippen LogP contribution in [0.25, 0.3) is 0 Å². The molecule has 0 saturated carbocycles. The summed E-state index contributed by atoms with van der Waals surface area (Å²) in [4.78, 5) is 40.1. The number of nitrogens with zero attached hydrogens (tertiary/aromatic N) is 1. The first kappa shape index (κ1) is 43.6. The molecular formula is C39H64N2O11. The number of hydrogen-bond acceptors (Lipinski definition) is 12. The Morgan fingerprint density at radius 2 is 1.88 bits per heavy atom. The summed E-state index contributed by atoms with van der Waals surface area (Å²) in [5.41, 5.74) is -0.723. The van der Waals surface area contributed by atoms with Crippen molar-refractivity contribution in [3.8, 4) is 0 Å². The lowest BCUT2D eigenvalue weighted by Gasteiger charge is -2.32. The summed E-state index contributed by atoms with van der Waals surface area (Å²) >= 11 is 0. The van der Waals surface area contributed by atoms with Crippen LogP contribution in [0.5, 0.6) is 0 Å². The van der Waals surface area contributed by atoms with Crippen LogP contribution in [0.4, 0.5) is 4.79 Å². The van der Waals surface area contributed by atoms with Gasteiger partial charge in [0.2, 0.25) is 0 Å². The molecule has 0 aromatic carbocycles. The highest BCUT2D eigenvalue weighted by Crippen LogP contribution is 2.39. The molecular weight excluding hydrogens is 672 g/mol. The van der Waals surface area contributed by atoms with Gasteiger partial charge in [0.25, 0.3) is 0 Å². The number of ether oxygens (including phenoxy) is 6. The molecule has 13 heteroatoms. The number of morpholine rings is 1. The van der Waals surface area contributed by atoms with Crippen molar-refractivity contribution in [1.29, 1.82) is 0 Å². The number of nitrogens with one attached hydrogen (secondary N) is 1. The lowest BCUT2D eigenvalue weighted by Crippen LogP contribution is -2.42. The zero-order chi connectivity index (χ0) is 38.4. The van der Waals surface area contributed by atoms with Gasteiger partial charge in [-0.3, -0.25) is 14.5 Å². The number of methoxy groups -OCH3 is 1. The number of aliphatic hydroxyl groups excluding tert-OH is 1. The average molecular weight is 737 g/mol. The zero-order valence-electron chi connectivity index (χ0n) is 32.5. The molecule has 3 aliphatic rings. The maximum atomic E-state index is 13.0. The van der Waals surface area contributed by atoms with Crippen molar-refractivity contribution < 1.29 is 53.0 Å². The molecule has 2 saturated heterocycles. The predicted octanol–water partition coefficient (Wildman–Crippen LogP) is 4.10. The monoisotopic (exact) mass is 736 g/mol. The van der Waals surface area contributed by atoms with E-state index >= 15 is 0 Å². The Morgan fingerprint density at radius 3 is 2.54 bits per heavy atom. The minimum Gasteiger partial charge on any atom is -0.457 e. The van der Waals surface area contributed by atoms with Gasteiger partial charge in [-0.05, 0) is 57.7 Å². The van der Waals surface area contributed by atoms with Gasteiger partial charge in [0, 0.05) is 51.4 Å². The first-order chi connectivity index (χ1) is 24.7. The molecule has 3 rings (SSSR count). The molecule has 0 aromatic heterocycles. The smallest absolute Gasteiger partial charge is 0.407 e. The molecule has 0 bridgehead atoms. The van der Waals surface area contributed by atoms with Gasteiger partial charge in [-0.15, -0.1) is 0 Å². The molecule has 296 valence electrons. The second-order valence-electron chi connectivity index (χ2n) is 14.8. The molecule has 3 aliphatic heterocycles. The van der Waals surface area contributed by atoms with Gasteiger partial charge in [0.1, 0.15) is 30.0 Å². The predicted molar refractivity (Wildman–Crippen MR) is 195 cm³/mol. The van der Waals surface area contributed by atoms with E-state index in [1.807, 2.05) is 39.0 Å². The first-order valence-electron chi connectivity index (χ1n) is 18.9. The van der Waals surface area contributed by atoms with Crippen molar-refractivity contribution >= 4 is 18.0 Å². The second-order valence-corrected chi connectivity index (χ2v) is 14.8. The van der Waals surface area contributed by atoms with Gasteiger partial charge in [0.05, 0.1) is 37.9 Å². The number of esters is 2. The molecule has 1 amide bonds. The van der Waals surface area contributed by atoms with E-state index in [1.54, 1.807) is 26.2 Å². The Kier molecular flexibility index (Phi) is 17.8. The van der Waals surface area contributed by atoms with Crippen LogP contribution in [-0.2, 0) is 38.0 Å². The number of carbonyl (C=O) groups excluding carboxylic acids is 3. The number of aliphatic hydroxyl groups is 2. The number of rotatable bonds is 15. The van der Waals surface area contributed by atoms with Gasteiger partial charge in [-0.2, -0.15) is 0 Å². The van der Waals surface area contributed by atoms with E-state index in [1.165, 1.54) is 6.92 Å². The molecule has 11 unspecified atom stereocenters. The maximum absolute atomic E-state index is 13.0. The number of amides is 1. The molecule has 2 fully saturated rings. The van der Waals surface area contributed by atoms with Gasteiger partial charge < -0.3 is 44.0 Å². The van der Waals surface area contributed by atoms with Crippen LogP contribution >= 0.6 is 0 Å². The van der Waals surface area contributed by atoms with Crippen molar-refractivity contribution in [3.63, 3.8) is 0 Å².